The van der Waals surface area contributed by atoms with Crippen LogP contribution in [0.3, 0.4) is 0 Å². The van der Waals surface area contributed by atoms with Crippen molar-refractivity contribution in [3.8, 4) is 40.2 Å². The number of ether oxygens (including phenoxy) is 1. The molecule has 4 aromatic rings. The van der Waals surface area contributed by atoms with Crippen molar-refractivity contribution in [2.45, 2.75) is 37.4 Å². The number of aromatic hydroxyl groups is 6. The number of carbonyl (C=O) groups is 2. The van der Waals surface area contributed by atoms with E-state index in [4.69, 9.17) is 4.74 Å². The van der Waals surface area contributed by atoms with Crippen molar-refractivity contribution in [3.05, 3.63) is 112 Å². The summed E-state index contributed by atoms with van der Waals surface area (Å²) >= 11 is 0. The largest absolute Gasteiger partial charge is 0.508 e. The van der Waals surface area contributed by atoms with E-state index in [1.54, 1.807) is 6.07 Å². The van der Waals surface area contributed by atoms with Gasteiger partial charge in [-0.25, -0.2) is 0 Å². The molecule has 1 heterocycles. The van der Waals surface area contributed by atoms with Crippen LogP contribution in [0.15, 0.2) is 84.4 Å². The minimum absolute atomic E-state index is 0.0323. The van der Waals surface area contributed by atoms with Crippen LogP contribution in [0.2, 0.25) is 0 Å². The van der Waals surface area contributed by atoms with E-state index in [0.717, 1.165) is 11.6 Å². The van der Waals surface area contributed by atoms with E-state index in [9.17, 15) is 45.3 Å². The standard InChI is InChI=1S/C35H30O10/c1-16-10-24(17-2-9-27(39)26(12-17)35-34(44)33(43)23-8-5-20(38)15-30(23)45-35)31(32(42)22-7-4-19(37)14-29(22)41)25(11-16)21-6-3-18(36)13-28(21)40/h2-10,12-15,24-25,31,33,35-41,43H,11H2,1H3. The lowest BCUT2D eigenvalue weighted by molar-refractivity contribution is -0.137. The lowest BCUT2D eigenvalue weighted by Crippen LogP contribution is -2.32. The van der Waals surface area contributed by atoms with Crippen molar-refractivity contribution in [3.63, 3.8) is 0 Å². The molecule has 4 aromatic carbocycles. The Labute approximate surface area is 257 Å². The molecule has 230 valence electrons. The fourth-order valence-corrected chi connectivity index (χ4v) is 6.45. The monoisotopic (exact) mass is 610 g/mol. The third kappa shape index (κ3) is 5.29. The lowest BCUT2D eigenvalue weighted by Gasteiger charge is -2.37. The molecule has 0 fully saturated rings. The van der Waals surface area contributed by atoms with Crippen LogP contribution in [0.25, 0.3) is 0 Å². The molecule has 2 aliphatic rings. The number of aliphatic hydroxyl groups excluding tert-OH is 1. The molecule has 0 aromatic heterocycles. The quantitative estimate of drug-likeness (QED) is 0.114. The maximum atomic E-state index is 14.3. The first-order chi connectivity index (χ1) is 21.4. The average Bonchev–Trinajstić information content (AvgIpc) is 2.98. The predicted molar refractivity (Wildman–Crippen MR) is 161 cm³/mol. The van der Waals surface area contributed by atoms with Crippen molar-refractivity contribution in [2.24, 2.45) is 5.92 Å². The molecule has 0 spiro atoms. The molecule has 5 unspecified atom stereocenters. The summed E-state index contributed by atoms with van der Waals surface area (Å²) in [5.41, 5.74) is 1.91. The number of Topliss-reactive ketones (excluding diaryl/α,β-unsaturated/α-hetero) is 2. The zero-order valence-electron chi connectivity index (χ0n) is 24.0. The first kappa shape index (κ1) is 29.6. The van der Waals surface area contributed by atoms with Gasteiger partial charge in [0.2, 0.25) is 5.78 Å². The Morgan fingerprint density at radius 1 is 0.733 bits per heavy atom. The van der Waals surface area contributed by atoms with Crippen LogP contribution in [-0.2, 0) is 4.79 Å². The molecule has 1 aliphatic carbocycles. The van der Waals surface area contributed by atoms with Crippen LogP contribution in [-0.4, -0.2) is 47.3 Å². The number of hydrogen-bond donors (Lipinski definition) is 7. The van der Waals surface area contributed by atoms with Gasteiger partial charge in [-0.05, 0) is 66.9 Å². The van der Waals surface area contributed by atoms with E-state index in [1.807, 2.05) is 13.0 Å². The van der Waals surface area contributed by atoms with Gasteiger partial charge in [-0.3, -0.25) is 9.59 Å². The van der Waals surface area contributed by atoms with Crippen molar-refractivity contribution in [1.82, 2.24) is 0 Å². The van der Waals surface area contributed by atoms with Gasteiger partial charge in [0.25, 0.3) is 0 Å². The molecule has 0 saturated heterocycles. The third-order valence-electron chi connectivity index (χ3n) is 8.57. The number of phenolic OH excluding ortho intramolecular Hbond substituents is 6. The molecule has 0 amide bonds. The number of benzene rings is 4. The van der Waals surface area contributed by atoms with Crippen LogP contribution in [0.4, 0.5) is 0 Å². The Balaban J connectivity index is 1.48. The maximum Gasteiger partial charge on any atom is 0.211 e. The van der Waals surface area contributed by atoms with Crippen molar-refractivity contribution in [1.29, 1.82) is 0 Å². The van der Waals surface area contributed by atoms with Crippen molar-refractivity contribution >= 4 is 11.6 Å². The molecule has 45 heavy (non-hydrogen) atoms. The first-order valence-corrected chi connectivity index (χ1v) is 14.2. The van der Waals surface area contributed by atoms with Crippen molar-refractivity contribution < 1.29 is 50.1 Å². The number of carbonyl (C=O) groups excluding carboxylic acids is 2. The van der Waals surface area contributed by atoms with Crippen LogP contribution in [0.5, 0.6) is 40.2 Å². The Bertz CT molecular complexity index is 1880. The van der Waals surface area contributed by atoms with Crippen LogP contribution in [0.1, 0.15) is 70.0 Å². The zero-order valence-corrected chi connectivity index (χ0v) is 24.0. The molecule has 6 rings (SSSR count). The Kier molecular flexibility index (Phi) is 7.38. The first-order valence-electron chi connectivity index (χ1n) is 14.2. The normalized spacial score (nSPS) is 22.7. The molecule has 1 aliphatic heterocycles. The highest BCUT2D eigenvalue weighted by molar-refractivity contribution is 6.02. The molecule has 10 nitrogen and oxygen atoms in total. The van der Waals surface area contributed by atoms with Gasteiger partial charge in [0.05, 0.1) is 5.56 Å². The Morgan fingerprint density at radius 3 is 2.07 bits per heavy atom. The third-order valence-corrected chi connectivity index (χ3v) is 8.57. The molecule has 10 heteroatoms. The van der Waals surface area contributed by atoms with Gasteiger partial charge in [-0.1, -0.05) is 23.8 Å². The molecular formula is C35H30O10. The van der Waals surface area contributed by atoms with E-state index in [0.29, 0.717) is 17.5 Å². The fourth-order valence-electron chi connectivity index (χ4n) is 6.45. The summed E-state index contributed by atoms with van der Waals surface area (Å²) in [4.78, 5) is 27.6. The summed E-state index contributed by atoms with van der Waals surface area (Å²) in [5.74, 6) is -4.91. The fraction of sp³-hybridized carbons (Fsp3) is 0.200. The topological polar surface area (TPSA) is 185 Å². The SMILES string of the molecule is CC1=CC(c2ccc(O)c(C3Oc4cc(O)ccc4C(O)C3=O)c2)C(C(=O)c2ccc(O)cc2O)C(c2ccc(O)cc2O)C1. The van der Waals surface area contributed by atoms with E-state index in [1.165, 1.54) is 60.7 Å². The summed E-state index contributed by atoms with van der Waals surface area (Å²) < 4.78 is 5.89. The number of rotatable bonds is 5. The van der Waals surface area contributed by atoms with E-state index >= 15 is 0 Å². The predicted octanol–water partition coefficient (Wildman–Crippen LogP) is 5.37. The summed E-state index contributed by atoms with van der Waals surface area (Å²) in [5, 5.41) is 72.9. The highest BCUT2D eigenvalue weighted by Crippen LogP contribution is 2.51. The van der Waals surface area contributed by atoms with Crippen LogP contribution in [0, 0.1) is 5.92 Å². The molecule has 0 bridgehead atoms. The summed E-state index contributed by atoms with van der Waals surface area (Å²) in [7, 11) is 0. The Morgan fingerprint density at radius 2 is 1.38 bits per heavy atom. The second-order valence-electron chi connectivity index (χ2n) is 11.5. The Hall–Kier alpha value is -5.48. The number of hydrogen-bond acceptors (Lipinski definition) is 10. The number of allylic oxidation sites excluding steroid dienone is 2. The van der Waals surface area contributed by atoms with E-state index < -0.39 is 47.3 Å². The second-order valence-corrected chi connectivity index (χ2v) is 11.5. The van der Waals surface area contributed by atoms with Crippen molar-refractivity contribution in [2.75, 3.05) is 0 Å². The summed E-state index contributed by atoms with van der Waals surface area (Å²) in [6, 6.07) is 16.2. The molecular weight excluding hydrogens is 580 g/mol. The van der Waals surface area contributed by atoms with Crippen LogP contribution >= 0.6 is 0 Å². The van der Waals surface area contributed by atoms with E-state index in [2.05, 4.69) is 0 Å². The van der Waals surface area contributed by atoms with Gasteiger partial charge < -0.3 is 40.5 Å². The van der Waals surface area contributed by atoms with Gasteiger partial charge >= 0.3 is 0 Å². The van der Waals surface area contributed by atoms with Gasteiger partial charge in [0.15, 0.2) is 11.9 Å². The highest BCUT2D eigenvalue weighted by Gasteiger charge is 2.43. The highest BCUT2D eigenvalue weighted by atomic mass is 16.5. The number of phenols is 6. The summed E-state index contributed by atoms with van der Waals surface area (Å²) in [6.45, 7) is 1.87. The molecule has 0 saturated carbocycles. The number of ketones is 2. The molecule has 0 radical (unpaired) electrons. The van der Waals surface area contributed by atoms with Gasteiger partial charge in [0, 0.05) is 47.1 Å². The lowest BCUT2D eigenvalue weighted by atomic mass is 9.65. The minimum atomic E-state index is -1.58. The second kappa shape index (κ2) is 11.2. The zero-order chi connectivity index (χ0) is 32.2. The number of aliphatic hydroxyl groups is 1. The summed E-state index contributed by atoms with van der Waals surface area (Å²) in [6.07, 6.45) is -0.787. The molecule has 7 N–H and O–H groups in total. The number of fused-ring (bicyclic) bond motifs is 1. The van der Waals surface area contributed by atoms with Gasteiger partial charge in [-0.15, -0.1) is 0 Å². The molecule has 5 atom stereocenters. The van der Waals surface area contributed by atoms with E-state index in [-0.39, 0.29) is 51.2 Å². The van der Waals surface area contributed by atoms with Gasteiger partial charge in [-0.2, -0.15) is 0 Å². The van der Waals surface area contributed by atoms with Gasteiger partial charge in [0.1, 0.15) is 46.4 Å². The van der Waals surface area contributed by atoms with Crippen LogP contribution < -0.4 is 4.74 Å². The average molecular weight is 611 g/mol. The smallest absolute Gasteiger partial charge is 0.211 e. The minimum Gasteiger partial charge on any atom is -0.508 e. The maximum absolute atomic E-state index is 14.3.